The Balaban J connectivity index is 2.11. The molecule has 0 aromatic heterocycles. The summed E-state index contributed by atoms with van der Waals surface area (Å²) in [6.07, 6.45) is 8.33. The van der Waals surface area contributed by atoms with Crippen LogP contribution in [0, 0.1) is 22.7 Å². The maximum absolute atomic E-state index is 10.5. The van der Waals surface area contributed by atoms with E-state index < -0.39 is 0 Å². The number of hydrogen-bond donors (Lipinski definition) is 2. The van der Waals surface area contributed by atoms with Crippen LogP contribution in [0.3, 0.4) is 0 Å². The van der Waals surface area contributed by atoms with Crippen molar-refractivity contribution in [1.82, 2.24) is 0 Å². The van der Waals surface area contributed by atoms with Crippen molar-refractivity contribution in [1.29, 1.82) is 0 Å². The Morgan fingerprint density at radius 1 is 1.12 bits per heavy atom. The zero-order valence-corrected chi connectivity index (χ0v) is 16.2. The summed E-state index contributed by atoms with van der Waals surface area (Å²) in [5.74, 6) is 1.71. The lowest BCUT2D eigenvalue weighted by atomic mass is 9.48. The molecule has 1 aromatic carbocycles. The van der Waals surface area contributed by atoms with Crippen LogP contribution < -0.4 is 4.74 Å². The normalized spacial score (nSPS) is 33.1. The Bertz CT molecular complexity index is 689. The first kappa shape index (κ1) is 18.2. The van der Waals surface area contributed by atoms with Crippen molar-refractivity contribution in [3.63, 3.8) is 0 Å². The van der Waals surface area contributed by atoms with Gasteiger partial charge in [0.15, 0.2) is 11.5 Å². The van der Waals surface area contributed by atoms with Gasteiger partial charge in [0.25, 0.3) is 0 Å². The third-order valence-electron chi connectivity index (χ3n) is 6.93. The van der Waals surface area contributed by atoms with Crippen LogP contribution in [-0.2, 0) is 0 Å². The Labute approximate surface area is 151 Å². The highest BCUT2D eigenvalue weighted by atomic mass is 16.5. The number of benzene rings is 1. The van der Waals surface area contributed by atoms with E-state index >= 15 is 0 Å². The van der Waals surface area contributed by atoms with E-state index in [1.165, 1.54) is 50.9 Å². The van der Waals surface area contributed by atoms with Gasteiger partial charge in [-0.2, -0.15) is 0 Å². The summed E-state index contributed by atoms with van der Waals surface area (Å²) in [4.78, 5) is 0. The number of fused-ring (bicyclic) bond motifs is 1. The first-order valence-corrected chi connectivity index (χ1v) is 9.51. The molecule has 0 radical (unpaired) electrons. The monoisotopic (exact) mass is 344 g/mol. The highest BCUT2D eigenvalue weighted by Crippen LogP contribution is 2.61. The molecule has 3 atom stereocenters. The Morgan fingerprint density at radius 3 is 2.52 bits per heavy atom. The van der Waals surface area contributed by atoms with Crippen LogP contribution in [0.2, 0.25) is 0 Å². The van der Waals surface area contributed by atoms with Crippen molar-refractivity contribution >= 4 is 6.08 Å². The Hall–Kier alpha value is -1.64. The van der Waals surface area contributed by atoms with E-state index in [2.05, 4.69) is 33.8 Å². The fraction of sp³-hybridized carbons (Fsp3) is 0.636. The summed E-state index contributed by atoms with van der Waals surface area (Å²) < 4.78 is 5.21. The van der Waals surface area contributed by atoms with Gasteiger partial charge in [-0.25, -0.2) is 0 Å². The van der Waals surface area contributed by atoms with E-state index in [4.69, 9.17) is 4.74 Å². The molecule has 0 spiro atoms. The van der Waals surface area contributed by atoms with Gasteiger partial charge >= 0.3 is 0 Å². The highest BCUT2D eigenvalue weighted by molar-refractivity contribution is 5.67. The van der Waals surface area contributed by atoms with Crippen LogP contribution in [0.15, 0.2) is 17.7 Å². The van der Waals surface area contributed by atoms with Crippen LogP contribution in [0.5, 0.6) is 17.2 Å². The zero-order valence-electron chi connectivity index (χ0n) is 16.2. The van der Waals surface area contributed by atoms with E-state index in [1.54, 1.807) is 6.07 Å². The molecule has 2 N–H and O–H groups in total. The summed E-state index contributed by atoms with van der Waals surface area (Å²) >= 11 is 0. The van der Waals surface area contributed by atoms with Crippen molar-refractivity contribution in [2.45, 2.75) is 59.8 Å². The summed E-state index contributed by atoms with van der Waals surface area (Å²) in [5.41, 5.74) is 2.58. The van der Waals surface area contributed by atoms with E-state index in [0.717, 1.165) is 0 Å². The second-order valence-electron chi connectivity index (χ2n) is 8.98. The summed E-state index contributed by atoms with van der Waals surface area (Å²) in [5, 5.41) is 20.5. The molecule has 138 valence electrons. The van der Waals surface area contributed by atoms with Gasteiger partial charge in [0.1, 0.15) is 5.75 Å². The number of rotatable bonds is 2. The van der Waals surface area contributed by atoms with Crippen molar-refractivity contribution in [3.8, 4) is 17.2 Å². The molecule has 2 fully saturated rings. The Morgan fingerprint density at radius 2 is 1.84 bits per heavy atom. The van der Waals surface area contributed by atoms with Gasteiger partial charge in [0, 0.05) is 11.6 Å². The average molecular weight is 344 g/mol. The molecule has 0 amide bonds. The molecule has 3 rings (SSSR count). The van der Waals surface area contributed by atoms with Gasteiger partial charge in [0.05, 0.1) is 7.11 Å². The fourth-order valence-electron chi connectivity index (χ4n) is 5.67. The second-order valence-corrected chi connectivity index (χ2v) is 8.98. The average Bonchev–Trinajstić information content (AvgIpc) is 2.52. The molecule has 2 aliphatic rings. The van der Waals surface area contributed by atoms with Crippen molar-refractivity contribution < 1.29 is 14.9 Å². The first-order valence-electron chi connectivity index (χ1n) is 9.51. The Kier molecular flexibility index (Phi) is 4.55. The zero-order chi connectivity index (χ0) is 18.4. The minimum atomic E-state index is 0.112. The van der Waals surface area contributed by atoms with Crippen molar-refractivity contribution in [3.05, 3.63) is 23.3 Å². The summed E-state index contributed by atoms with van der Waals surface area (Å²) in [6, 6.07) is 3.09. The van der Waals surface area contributed by atoms with E-state index in [-0.39, 0.29) is 16.9 Å². The SMILES string of the molecule is COc1cc(O)cc(C=C2[C@@H](C)CC[C@H]3C(C)(C)CCC[C@]23C)c1O. The number of ether oxygens (including phenoxy) is 1. The number of methoxy groups -OCH3 is 1. The predicted molar refractivity (Wildman–Crippen MR) is 102 cm³/mol. The van der Waals surface area contributed by atoms with Crippen LogP contribution >= 0.6 is 0 Å². The maximum Gasteiger partial charge on any atom is 0.165 e. The van der Waals surface area contributed by atoms with Gasteiger partial charge < -0.3 is 14.9 Å². The lowest BCUT2D eigenvalue weighted by Gasteiger charge is -2.56. The predicted octanol–water partition coefficient (Wildman–Crippen LogP) is 5.75. The van der Waals surface area contributed by atoms with E-state index in [1.807, 2.05) is 0 Å². The number of phenolic OH excluding ortho intramolecular Hbond substituents is 2. The molecule has 0 aliphatic heterocycles. The molecule has 3 nitrogen and oxygen atoms in total. The molecule has 2 aliphatic carbocycles. The molecule has 25 heavy (non-hydrogen) atoms. The molecule has 0 heterocycles. The quantitative estimate of drug-likeness (QED) is 0.671. The number of allylic oxidation sites excluding steroid dienone is 1. The van der Waals surface area contributed by atoms with Gasteiger partial charge in [-0.05, 0) is 54.4 Å². The fourth-order valence-corrected chi connectivity index (χ4v) is 5.67. The van der Waals surface area contributed by atoms with Crippen LogP contribution in [-0.4, -0.2) is 17.3 Å². The maximum atomic E-state index is 10.5. The first-order chi connectivity index (χ1) is 11.7. The molecule has 2 saturated carbocycles. The molecular formula is C22H32O3. The molecular weight excluding hydrogens is 312 g/mol. The van der Waals surface area contributed by atoms with Crippen LogP contribution in [0.1, 0.15) is 65.4 Å². The number of phenols is 2. The lowest BCUT2D eigenvalue weighted by Crippen LogP contribution is -2.47. The minimum Gasteiger partial charge on any atom is -0.508 e. The largest absolute Gasteiger partial charge is 0.508 e. The van der Waals surface area contributed by atoms with Gasteiger partial charge in [-0.15, -0.1) is 0 Å². The molecule has 0 unspecified atom stereocenters. The number of hydrogen-bond acceptors (Lipinski definition) is 3. The standard InChI is InChI=1S/C22H32O3/c1-14-7-8-19-21(2,3)9-6-10-22(19,4)17(14)12-15-11-16(23)13-18(25-5)20(15)24/h11-14,19,23-24H,6-10H2,1-5H3/t14-,19-,22+/m0/s1. The van der Waals surface area contributed by atoms with E-state index in [9.17, 15) is 10.2 Å². The molecule has 0 saturated heterocycles. The number of aromatic hydroxyl groups is 2. The lowest BCUT2D eigenvalue weighted by molar-refractivity contribution is -0.00535. The second kappa shape index (κ2) is 6.26. The van der Waals surface area contributed by atoms with Crippen molar-refractivity contribution in [2.75, 3.05) is 7.11 Å². The molecule has 0 bridgehead atoms. The van der Waals surface area contributed by atoms with Gasteiger partial charge in [-0.3, -0.25) is 0 Å². The van der Waals surface area contributed by atoms with Crippen LogP contribution in [0.4, 0.5) is 0 Å². The summed E-state index contributed by atoms with van der Waals surface area (Å²) in [7, 11) is 1.51. The van der Waals surface area contributed by atoms with E-state index in [0.29, 0.717) is 28.6 Å². The van der Waals surface area contributed by atoms with Crippen molar-refractivity contribution in [2.24, 2.45) is 22.7 Å². The van der Waals surface area contributed by atoms with Crippen LogP contribution in [0.25, 0.3) is 6.08 Å². The molecule has 3 heteroatoms. The highest BCUT2D eigenvalue weighted by Gasteiger charge is 2.51. The van der Waals surface area contributed by atoms with Gasteiger partial charge in [-0.1, -0.05) is 45.8 Å². The summed E-state index contributed by atoms with van der Waals surface area (Å²) in [6.45, 7) is 9.54. The topological polar surface area (TPSA) is 49.7 Å². The third-order valence-corrected chi connectivity index (χ3v) is 6.93. The minimum absolute atomic E-state index is 0.112. The third kappa shape index (κ3) is 3.02. The molecule has 1 aromatic rings. The van der Waals surface area contributed by atoms with Gasteiger partial charge in [0.2, 0.25) is 0 Å². The smallest absolute Gasteiger partial charge is 0.165 e.